The molecule has 0 spiro atoms. The Morgan fingerprint density at radius 1 is 1.17 bits per heavy atom. The van der Waals surface area contributed by atoms with Crippen LogP contribution in [0.3, 0.4) is 0 Å². The highest BCUT2D eigenvalue weighted by molar-refractivity contribution is 5.95. The molecule has 0 radical (unpaired) electrons. The Hall–Kier alpha value is -2.21. The summed E-state index contributed by atoms with van der Waals surface area (Å²) in [6.07, 6.45) is 5.47. The van der Waals surface area contributed by atoms with Crippen molar-refractivity contribution in [2.45, 2.75) is 39.2 Å². The average molecular weight is 310 g/mol. The maximum Gasteiger partial charge on any atom is 0.213 e. The lowest BCUT2D eigenvalue weighted by molar-refractivity contribution is 0.566. The van der Waals surface area contributed by atoms with Gasteiger partial charge < -0.3 is 10.6 Å². The third-order valence-electron chi connectivity index (χ3n) is 4.63. The molecule has 23 heavy (non-hydrogen) atoms. The van der Waals surface area contributed by atoms with Gasteiger partial charge in [0.05, 0.1) is 5.52 Å². The van der Waals surface area contributed by atoms with Crippen molar-refractivity contribution in [1.29, 1.82) is 0 Å². The van der Waals surface area contributed by atoms with Crippen molar-refractivity contribution >= 4 is 22.5 Å². The summed E-state index contributed by atoms with van der Waals surface area (Å²) in [6.45, 7) is 6.15. The minimum absolute atomic E-state index is 0.0653. The minimum atomic E-state index is -0.0653. The fourth-order valence-corrected chi connectivity index (χ4v) is 3.49. The molecular formula is C17H22N6. The number of anilines is 1. The largest absolute Gasteiger partial charge is 0.342 e. The molecule has 6 nitrogen and oxygen atoms in total. The van der Waals surface area contributed by atoms with Crippen molar-refractivity contribution in [3.8, 4) is 0 Å². The van der Waals surface area contributed by atoms with Crippen LogP contribution in [0.5, 0.6) is 0 Å². The normalized spacial score (nSPS) is 17.1. The molecule has 0 unspecified atom stereocenters. The molecule has 120 valence electrons. The van der Waals surface area contributed by atoms with Gasteiger partial charge in [-0.05, 0) is 50.3 Å². The van der Waals surface area contributed by atoms with E-state index in [0.717, 1.165) is 41.2 Å². The van der Waals surface area contributed by atoms with E-state index >= 15 is 0 Å². The summed E-state index contributed by atoms with van der Waals surface area (Å²) < 4.78 is 2.01. The first-order valence-electron chi connectivity index (χ1n) is 8.29. The highest BCUT2D eigenvalue weighted by Gasteiger charge is 2.20. The van der Waals surface area contributed by atoms with Gasteiger partial charge in [-0.3, -0.25) is 4.40 Å². The van der Waals surface area contributed by atoms with Gasteiger partial charge in [0.25, 0.3) is 0 Å². The Morgan fingerprint density at radius 2 is 1.96 bits per heavy atom. The number of nitrogens with two attached hydrogens (primary N) is 1. The number of aryl methyl sites for hydroxylation is 1. The summed E-state index contributed by atoms with van der Waals surface area (Å²) in [5.41, 5.74) is 10.3. The van der Waals surface area contributed by atoms with Gasteiger partial charge in [-0.15, -0.1) is 10.2 Å². The van der Waals surface area contributed by atoms with Crippen LogP contribution < -0.4 is 10.6 Å². The van der Waals surface area contributed by atoms with Gasteiger partial charge in [-0.1, -0.05) is 6.07 Å². The monoisotopic (exact) mass is 310 g/mol. The average Bonchev–Trinajstić information content (AvgIpc) is 3.04. The summed E-state index contributed by atoms with van der Waals surface area (Å²) in [4.78, 5) is 7.33. The molecule has 3 aromatic rings. The van der Waals surface area contributed by atoms with Gasteiger partial charge in [0.15, 0.2) is 5.65 Å². The van der Waals surface area contributed by atoms with Crippen LogP contribution >= 0.6 is 0 Å². The molecule has 0 saturated carbocycles. The molecular weight excluding hydrogens is 288 g/mol. The molecule has 1 atom stereocenters. The summed E-state index contributed by atoms with van der Waals surface area (Å²) in [6, 6.07) is 4.19. The van der Waals surface area contributed by atoms with Gasteiger partial charge in [-0.2, -0.15) is 0 Å². The Balaban J connectivity index is 2.04. The van der Waals surface area contributed by atoms with Gasteiger partial charge in [0.1, 0.15) is 6.33 Å². The van der Waals surface area contributed by atoms with Gasteiger partial charge in [-0.25, -0.2) is 4.98 Å². The van der Waals surface area contributed by atoms with Crippen LogP contribution in [-0.4, -0.2) is 32.7 Å². The summed E-state index contributed by atoms with van der Waals surface area (Å²) in [5.74, 6) is 0.933. The second kappa shape index (κ2) is 5.45. The zero-order valence-corrected chi connectivity index (χ0v) is 13.7. The number of rotatable bonds is 2. The molecule has 6 heteroatoms. The maximum atomic E-state index is 6.20. The highest BCUT2D eigenvalue weighted by Crippen LogP contribution is 2.29. The number of hydrogen-bond acceptors (Lipinski definition) is 5. The fourth-order valence-electron chi connectivity index (χ4n) is 3.49. The molecule has 1 fully saturated rings. The molecule has 0 bridgehead atoms. The van der Waals surface area contributed by atoms with Crippen molar-refractivity contribution in [1.82, 2.24) is 19.6 Å². The number of hydrogen-bond donors (Lipinski definition) is 1. The second-order valence-corrected chi connectivity index (χ2v) is 6.52. The lowest BCUT2D eigenvalue weighted by Gasteiger charge is -2.28. The third kappa shape index (κ3) is 2.34. The zero-order valence-electron chi connectivity index (χ0n) is 13.7. The van der Waals surface area contributed by atoms with Crippen LogP contribution in [0.15, 0.2) is 18.5 Å². The fraction of sp³-hybridized carbons (Fsp3) is 0.471. The molecule has 3 heterocycles. The third-order valence-corrected chi connectivity index (χ3v) is 4.63. The Labute approximate surface area is 135 Å². The summed E-state index contributed by atoms with van der Waals surface area (Å²) in [5, 5.41) is 9.50. The van der Waals surface area contributed by atoms with Crippen LogP contribution in [0.2, 0.25) is 0 Å². The Bertz CT molecular complexity index is 860. The molecule has 0 aliphatic carbocycles. The molecule has 0 amide bonds. The van der Waals surface area contributed by atoms with E-state index in [2.05, 4.69) is 34.2 Å². The molecule has 1 saturated heterocycles. The van der Waals surface area contributed by atoms with Crippen molar-refractivity contribution < 1.29 is 0 Å². The smallest absolute Gasteiger partial charge is 0.213 e. The Kier molecular flexibility index (Phi) is 3.41. The van der Waals surface area contributed by atoms with Crippen molar-refractivity contribution in [3.63, 3.8) is 0 Å². The quantitative estimate of drug-likeness (QED) is 0.787. The van der Waals surface area contributed by atoms with E-state index < -0.39 is 0 Å². The number of fused-ring (bicyclic) bond motifs is 3. The predicted molar refractivity (Wildman–Crippen MR) is 91.7 cm³/mol. The van der Waals surface area contributed by atoms with E-state index in [0.29, 0.717) is 0 Å². The standard InChI is InChI=1S/C17H22N6/c1-11-8-13(12(2)18)15-14(9-11)16-21-19-10-23(16)17(20-15)22-6-4-3-5-7-22/h8-10,12H,3-7,18H2,1-2H3/t12-/m1/s1. The lowest BCUT2D eigenvalue weighted by Crippen LogP contribution is -2.32. The second-order valence-electron chi connectivity index (χ2n) is 6.52. The van der Waals surface area contributed by atoms with E-state index in [-0.39, 0.29) is 6.04 Å². The zero-order chi connectivity index (χ0) is 16.0. The van der Waals surface area contributed by atoms with Crippen molar-refractivity contribution in [3.05, 3.63) is 29.6 Å². The predicted octanol–water partition coefficient (Wildman–Crippen LogP) is 2.60. The number of piperidine rings is 1. The van der Waals surface area contributed by atoms with Crippen LogP contribution in [0.4, 0.5) is 5.95 Å². The van der Waals surface area contributed by atoms with Gasteiger partial charge >= 0.3 is 0 Å². The molecule has 4 rings (SSSR count). The molecule has 1 aliphatic rings. The van der Waals surface area contributed by atoms with Gasteiger partial charge in [0, 0.05) is 24.5 Å². The van der Waals surface area contributed by atoms with E-state index in [9.17, 15) is 0 Å². The summed E-state index contributed by atoms with van der Waals surface area (Å²) >= 11 is 0. The number of benzene rings is 1. The van der Waals surface area contributed by atoms with Crippen LogP contribution in [0, 0.1) is 6.92 Å². The van der Waals surface area contributed by atoms with Gasteiger partial charge in [0.2, 0.25) is 5.95 Å². The van der Waals surface area contributed by atoms with E-state index in [1.54, 1.807) is 6.33 Å². The highest BCUT2D eigenvalue weighted by atomic mass is 15.3. The van der Waals surface area contributed by atoms with Crippen LogP contribution in [0.1, 0.15) is 43.4 Å². The first-order chi connectivity index (χ1) is 11.1. The first kappa shape index (κ1) is 14.4. The lowest BCUT2D eigenvalue weighted by atomic mass is 10.0. The first-order valence-corrected chi connectivity index (χ1v) is 8.29. The van der Waals surface area contributed by atoms with E-state index in [1.165, 1.54) is 24.8 Å². The summed E-state index contributed by atoms with van der Waals surface area (Å²) in [7, 11) is 0. The molecule has 2 N–H and O–H groups in total. The van der Waals surface area contributed by atoms with Crippen molar-refractivity contribution in [2.24, 2.45) is 5.73 Å². The SMILES string of the molecule is Cc1cc([C@@H](C)N)c2nc(N3CCCCC3)n3cnnc3c2c1. The minimum Gasteiger partial charge on any atom is -0.342 e. The molecule has 1 aliphatic heterocycles. The van der Waals surface area contributed by atoms with E-state index in [1.807, 2.05) is 11.3 Å². The van der Waals surface area contributed by atoms with Crippen LogP contribution in [0.25, 0.3) is 16.6 Å². The van der Waals surface area contributed by atoms with E-state index in [4.69, 9.17) is 10.7 Å². The van der Waals surface area contributed by atoms with Crippen molar-refractivity contribution in [2.75, 3.05) is 18.0 Å². The van der Waals surface area contributed by atoms with Crippen LogP contribution in [-0.2, 0) is 0 Å². The molecule has 1 aromatic carbocycles. The topological polar surface area (TPSA) is 72.3 Å². The molecule has 2 aromatic heterocycles. The Morgan fingerprint density at radius 3 is 2.70 bits per heavy atom. The number of nitrogens with zero attached hydrogens (tertiary/aromatic N) is 5. The number of aromatic nitrogens is 4. The maximum absolute atomic E-state index is 6.20.